The smallest absolute Gasteiger partial charge is 0.271 e. The molecule has 35 heavy (non-hydrogen) atoms. The van der Waals surface area contributed by atoms with Crippen LogP contribution in [0.2, 0.25) is 0 Å². The number of carbonyl (C=O) groups is 2. The molecule has 0 aromatic carbocycles. The molecule has 2 amide bonds. The first kappa shape index (κ1) is 31.8. The number of nitrogens with two attached hydrogens (primary N) is 2. The van der Waals surface area contributed by atoms with Crippen LogP contribution in [-0.2, 0) is 16.0 Å². The Bertz CT molecular complexity index is 863. The summed E-state index contributed by atoms with van der Waals surface area (Å²) in [6.07, 6.45) is 9.12. The zero-order chi connectivity index (χ0) is 25.3. The maximum atomic E-state index is 12.1. The highest BCUT2D eigenvalue weighted by molar-refractivity contribution is 5.96. The predicted molar refractivity (Wildman–Crippen MR) is 143 cm³/mol. The maximum absolute atomic E-state index is 12.1. The van der Waals surface area contributed by atoms with Gasteiger partial charge in [-0.1, -0.05) is 33.9 Å². The molecule has 1 aromatic heterocycles. The van der Waals surface area contributed by atoms with E-state index in [1.54, 1.807) is 6.08 Å². The van der Waals surface area contributed by atoms with Gasteiger partial charge in [0, 0.05) is 31.5 Å². The Balaban J connectivity index is 0.00000274. The second-order valence-corrected chi connectivity index (χ2v) is 7.49. The van der Waals surface area contributed by atoms with Crippen molar-refractivity contribution in [2.24, 2.45) is 11.5 Å². The van der Waals surface area contributed by atoms with Crippen LogP contribution in [0.4, 0.5) is 11.6 Å². The third-order valence-electron chi connectivity index (χ3n) is 4.93. The van der Waals surface area contributed by atoms with Crippen LogP contribution in [0.25, 0.3) is 0 Å². The van der Waals surface area contributed by atoms with Gasteiger partial charge in [-0.3, -0.25) is 9.59 Å². The Labute approximate surface area is 209 Å². The van der Waals surface area contributed by atoms with Gasteiger partial charge in [0.25, 0.3) is 5.91 Å². The molecule has 0 aliphatic carbocycles. The second-order valence-electron chi connectivity index (χ2n) is 7.49. The molecule has 0 bridgehead atoms. The maximum Gasteiger partial charge on any atom is 0.271 e. The number of ether oxygens (including phenoxy) is 1. The zero-order valence-corrected chi connectivity index (χ0v) is 20.5. The van der Waals surface area contributed by atoms with Crippen molar-refractivity contribution in [3.63, 3.8) is 0 Å². The molecule has 1 saturated heterocycles. The molecule has 0 saturated carbocycles. The number of aryl methyl sites for hydroxylation is 1. The number of hydrogen-bond donors (Lipinski definition) is 5. The van der Waals surface area contributed by atoms with Gasteiger partial charge in [-0.25, -0.2) is 9.97 Å². The number of allylic oxidation sites excluding steroid dienone is 3. The van der Waals surface area contributed by atoms with E-state index in [1.807, 2.05) is 32.9 Å². The summed E-state index contributed by atoms with van der Waals surface area (Å²) in [4.78, 5) is 31.7. The summed E-state index contributed by atoms with van der Waals surface area (Å²) in [6.45, 7) is 12.3. The van der Waals surface area contributed by atoms with Crippen LogP contribution in [0.1, 0.15) is 63.6 Å². The molecule has 2 rings (SSSR count). The number of carbonyl (C=O) groups excluding carboxylic acids is 2. The van der Waals surface area contributed by atoms with E-state index in [4.69, 9.17) is 16.2 Å². The molecule has 10 nitrogen and oxygen atoms in total. The first-order valence-electron chi connectivity index (χ1n) is 11.6. The SMILES string of the molecule is C.C=C/C(=C\C(=C/C)CCNC=O)Nc1nc(NC2CCOCC2)c(CC)nc1C(N)=O.CCN. The first-order chi connectivity index (χ1) is 16.4. The largest absolute Gasteiger partial charge is 0.381 e. The summed E-state index contributed by atoms with van der Waals surface area (Å²) in [7, 11) is 0. The van der Waals surface area contributed by atoms with Crippen molar-refractivity contribution >= 4 is 24.0 Å². The molecule has 0 radical (unpaired) electrons. The molecule has 7 N–H and O–H groups in total. The lowest BCUT2D eigenvalue weighted by Crippen LogP contribution is -2.29. The second kappa shape index (κ2) is 18.1. The fraction of sp³-hybridized carbons (Fsp3) is 0.520. The fourth-order valence-electron chi connectivity index (χ4n) is 3.18. The quantitative estimate of drug-likeness (QED) is 0.170. The Kier molecular flexibility index (Phi) is 16.5. The van der Waals surface area contributed by atoms with E-state index in [0.717, 1.165) is 25.0 Å². The van der Waals surface area contributed by atoms with Crippen molar-refractivity contribution in [3.8, 4) is 0 Å². The van der Waals surface area contributed by atoms with Gasteiger partial charge in [-0.2, -0.15) is 0 Å². The van der Waals surface area contributed by atoms with Crippen LogP contribution in [0.15, 0.2) is 36.1 Å². The molecule has 0 spiro atoms. The lowest BCUT2D eigenvalue weighted by atomic mass is 10.1. The van der Waals surface area contributed by atoms with E-state index in [-0.39, 0.29) is 25.0 Å². The van der Waals surface area contributed by atoms with E-state index in [0.29, 0.717) is 56.2 Å². The molecule has 1 aliphatic rings. The summed E-state index contributed by atoms with van der Waals surface area (Å²) >= 11 is 0. The average Bonchev–Trinajstić information content (AvgIpc) is 2.84. The van der Waals surface area contributed by atoms with Crippen molar-refractivity contribution in [2.75, 3.05) is 36.9 Å². The Morgan fingerprint density at radius 2 is 1.89 bits per heavy atom. The van der Waals surface area contributed by atoms with Crippen LogP contribution in [-0.4, -0.2) is 54.6 Å². The standard InChI is InChI=1S/C22H32N6O3.C2H7N.CH4/c1-4-15(7-10-24-14-29)13-16(5-2)25-22-19(20(23)30)27-18(6-3)21(28-22)26-17-8-11-31-12-9-17;1-2-3;/h4-5,13-14,17H,2,6-12H2,1,3H3,(H2,23,30)(H,24,29)(H2,25,26,28);2-3H2,1H3;1H4/b15-4-,16-13+;;. The lowest BCUT2D eigenvalue weighted by molar-refractivity contribution is -0.109. The zero-order valence-electron chi connectivity index (χ0n) is 20.5. The Morgan fingerprint density at radius 1 is 1.23 bits per heavy atom. The third-order valence-corrected chi connectivity index (χ3v) is 4.93. The molecule has 1 aliphatic heterocycles. The molecular weight excluding hydrogens is 446 g/mol. The first-order valence-corrected chi connectivity index (χ1v) is 11.6. The lowest BCUT2D eigenvalue weighted by Gasteiger charge is -2.25. The number of aromatic nitrogens is 2. The number of primary amides is 1. The van der Waals surface area contributed by atoms with Gasteiger partial charge in [-0.05, 0) is 56.9 Å². The van der Waals surface area contributed by atoms with Gasteiger partial charge in [0.05, 0.1) is 5.69 Å². The third kappa shape index (κ3) is 11.2. The molecule has 1 fully saturated rings. The van der Waals surface area contributed by atoms with E-state index >= 15 is 0 Å². The number of anilines is 2. The van der Waals surface area contributed by atoms with E-state index in [2.05, 4.69) is 32.5 Å². The fourth-order valence-corrected chi connectivity index (χ4v) is 3.18. The minimum absolute atomic E-state index is 0. The molecule has 0 unspecified atom stereocenters. The molecule has 2 heterocycles. The summed E-state index contributed by atoms with van der Waals surface area (Å²) in [6, 6.07) is 0.231. The minimum Gasteiger partial charge on any atom is -0.381 e. The Hall–Kier alpha value is -3.24. The number of nitrogens with one attached hydrogen (secondary N) is 3. The molecule has 1 aromatic rings. The van der Waals surface area contributed by atoms with Gasteiger partial charge < -0.3 is 32.2 Å². The van der Waals surface area contributed by atoms with Crippen LogP contribution >= 0.6 is 0 Å². The average molecular weight is 490 g/mol. The minimum atomic E-state index is -0.660. The summed E-state index contributed by atoms with van der Waals surface area (Å²) in [5.74, 6) is 0.241. The normalized spacial score (nSPS) is 14.1. The summed E-state index contributed by atoms with van der Waals surface area (Å²) in [5, 5.41) is 9.22. The summed E-state index contributed by atoms with van der Waals surface area (Å²) in [5.41, 5.74) is 12.8. The van der Waals surface area contributed by atoms with E-state index < -0.39 is 5.91 Å². The highest BCUT2D eigenvalue weighted by Crippen LogP contribution is 2.23. The van der Waals surface area contributed by atoms with Crippen LogP contribution in [0.5, 0.6) is 0 Å². The monoisotopic (exact) mass is 489 g/mol. The van der Waals surface area contributed by atoms with Crippen molar-refractivity contribution < 1.29 is 14.3 Å². The van der Waals surface area contributed by atoms with Crippen LogP contribution in [0, 0.1) is 0 Å². The van der Waals surface area contributed by atoms with Crippen LogP contribution < -0.4 is 27.4 Å². The van der Waals surface area contributed by atoms with E-state index in [9.17, 15) is 9.59 Å². The van der Waals surface area contributed by atoms with Gasteiger partial charge >= 0.3 is 0 Å². The summed E-state index contributed by atoms with van der Waals surface area (Å²) < 4.78 is 5.42. The number of nitrogens with zero attached hydrogens (tertiary/aromatic N) is 2. The van der Waals surface area contributed by atoms with Gasteiger partial charge in [0.1, 0.15) is 0 Å². The highest BCUT2D eigenvalue weighted by atomic mass is 16.5. The Morgan fingerprint density at radius 3 is 2.40 bits per heavy atom. The van der Waals surface area contributed by atoms with Crippen LogP contribution in [0.3, 0.4) is 0 Å². The van der Waals surface area contributed by atoms with Crippen molar-refractivity contribution in [1.82, 2.24) is 15.3 Å². The van der Waals surface area contributed by atoms with Gasteiger partial charge in [-0.15, -0.1) is 0 Å². The van der Waals surface area contributed by atoms with Crippen molar-refractivity contribution in [2.45, 2.75) is 59.9 Å². The predicted octanol–water partition coefficient (Wildman–Crippen LogP) is 2.89. The van der Waals surface area contributed by atoms with Crippen molar-refractivity contribution in [3.05, 3.63) is 47.5 Å². The molecule has 0 atom stereocenters. The van der Waals surface area contributed by atoms with E-state index in [1.165, 1.54) is 0 Å². The van der Waals surface area contributed by atoms with Crippen molar-refractivity contribution in [1.29, 1.82) is 0 Å². The topological polar surface area (TPSA) is 157 Å². The molecular formula is C25H43N7O3. The molecule has 196 valence electrons. The number of rotatable bonds is 12. The molecule has 10 heteroatoms. The van der Waals surface area contributed by atoms with Gasteiger partial charge in [0.2, 0.25) is 6.41 Å². The van der Waals surface area contributed by atoms with Gasteiger partial charge in [0.15, 0.2) is 17.3 Å². The number of hydrogen-bond acceptors (Lipinski definition) is 8. The number of amides is 2. The highest BCUT2D eigenvalue weighted by Gasteiger charge is 2.20.